The van der Waals surface area contributed by atoms with Gasteiger partial charge in [-0.3, -0.25) is 0 Å². The van der Waals surface area contributed by atoms with Crippen LogP contribution >= 0.6 is 0 Å². The maximum absolute atomic E-state index is 5.78. The molecule has 0 radical (unpaired) electrons. The lowest BCUT2D eigenvalue weighted by molar-refractivity contribution is 0.341. The average molecular weight is 248 g/mol. The molecule has 3 nitrogen and oxygen atoms in total. The van der Waals surface area contributed by atoms with Crippen molar-refractivity contribution in [3.63, 3.8) is 0 Å². The molecule has 0 saturated carbocycles. The molecule has 2 aliphatic rings. The van der Waals surface area contributed by atoms with Gasteiger partial charge in [0.25, 0.3) is 0 Å². The maximum atomic E-state index is 5.78. The molecule has 0 aromatic carbocycles. The van der Waals surface area contributed by atoms with Crippen LogP contribution in [-0.2, 0) is 4.74 Å². The molecule has 1 aliphatic carbocycles. The molecule has 0 N–H and O–H groups in total. The van der Waals surface area contributed by atoms with E-state index in [2.05, 4.69) is 28.4 Å². The molecule has 0 amide bonds. The van der Waals surface area contributed by atoms with Crippen molar-refractivity contribution in [1.82, 2.24) is 9.97 Å². The third kappa shape index (κ3) is 2.46. The zero-order valence-corrected chi connectivity index (χ0v) is 10.3. The summed E-state index contributed by atoms with van der Waals surface area (Å²) in [6, 6.07) is 0. The van der Waals surface area contributed by atoms with Crippen LogP contribution in [0, 0.1) is 0 Å². The highest BCUT2D eigenvalue weighted by Crippen LogP contribution is 2.19. The highest BCUT2D eigenvalue weighted by molar-refractivity contribution is 5.48. The van der Waals surface area contributed by atoms with Gasteiger partial charge < -0.3 is 4.74 Å². The monoisotopic (exact) mass is 248 g/mol. The van der Waals surface area contributed by atoms with E-state index >= 15 is 0 Å². The lowest BCUT2D eigenvalue weighted by atomic mass is 10.1. The van der Waals surface area contributed by atoms with Gasteiger partial charge in [-0.25, -0.2) is 9.97 Å². The van der Waals surface area contributed by atoms with Crippen LogP contribution in [0.3, 0.4) is 0 Å². The quantitative estimate of drug-likeness (QED) is 0.653. The molecular weight excluding hydrogens is 236 g/mol. The number of ether oxygens (including phenoxy) is 1. The summed E-state index contributed by atoms with van der Waals surface area (Å²) >= 11 is 0. The number of rotatable bonds is 0. The maximum Gasteiger partial charge on any atom is 0.138 e. The zero-order chi connectivity index (χ0) is 13.1. The third-order valence-corrected chi connectivity index (χ3v) is 2.87. The van der Waals surface area contributed by atoms with Gasteiger partial charge in [-0.15, -0.1) is 5.73 Å². The Labute approximate surface area is 111 Å². The van der Waals surface area contributed by atoms with Gasteiger partial charge in [0.05, 0.1) is 5.35 Å². The van der Waals surface area contributed by atoms with Gasteiger partial charge in [-0.1, -0.05) is 24.8 Å². The van der Waals surface area contributed by atoms with E-state index in [9.17, 15) is 0 Å². The Bertz CT molecular complexity index is 775. The van der Waals surface area contributed by atoms with Gasteiger partial charge in [0.15, 0.2) is 0 Å². The molecule has 0 spiro atoms. The SMILES string of the molecule is C=C1/C=c2/cncn/c2=C/CC2=C(C=C=CC=C2)O1. The van der Waals surface area contributed by atoms with Gasteiger partial charge >= 0.3 is 0 Å². The summed E-state index contributed by atoms with van der Waals surface area (Å²) < 4.78 is 5.78. The molecule has 1 aromatic heterocycles. The molecular formula is C16H12N2O. The topological polar surface area (TPSA) is 35.0 Å². The van der Waals surface area contributed by atoms with E-state index in [0.29, 0.717) is 5.76 Å². The van der Waals surface area contributed by atoms with Crippen LogP contribution in [0.25, 0.3) is 12.2 Å². The highest BCUT2D eigenvalue weighted by Gasteiger charge is 2.07. The van der Waals surface area contributed by atoms with E-state index in [1.807, 2.05) is 30.4 Å². The second kappa shape index (κ2) is 4.92. The summed E-state index contributed by atoms with van der Waals surface area (Å²) in [6.07, 6.45) is 15.6. The van der Waals surface area contributed by atoms with E-state index in [0.717, 1.165) is 28.3 Å². The van der Waals surface area contributed by atoms with Crippen molar-refractivity contribution in [1.29, 1.82) is 0 Å². The largest absolute Gasteiger partial charge is 0.457 e. The van der Waals surface area contributed by atoms with Crippen molar-refractivity contribution < 1.29 is 4.74 Å². The summed E-state index contributed by atoms with van der Waals surface area (Å²) in [5, 5.41) is 1.80. The van der Waals surface area contributed by atoms with Crippen molar-refractivity contribution in [2.45, 2.75) is 6.42 Å². The molecule has 0 saturated heterocycles. The van der Waals surface area contributed by atoms with Gasteiger partial charge in [0, 0.05) is 17.5 Å². The molecule has 0 atom stereocenters. The number of allylic oxidation sites excluding steroid dienone is 5. The molecule has 92 valence electrons. The van der Waals surface area contributed by atoms with Crippen molar-refractivity contribution in [3.8, 4) is 0 Å². The molecule has 0 fully saturated rings. The fourth-order valence-electron chi connectivity index (χ4n) is 1.96. The molecule has 1 aliphatic heterocycles. The van der Waals surface area contributed by atoms with Crippen LogP contribution in [-0.4, -0.2) is 9.97 Å². The minimum atomic E-state index is 0.562. The minimum absolute atomic E-state index is 0.562. The van der Waals surface area contributed by atoms with Crippen molar-refractivity contribution >= 4 is 12.2 Å². The van der Waals surface area contributed by atoms with Crippen LogP contribution in [0.15, 0.2) is 66.2 Å². The van der Waals surface area contributed by atoms with Crippen molar-refractivity contribution in [2.24, 2.45) is 0 Å². The summed E-state index contributed by atoms with van der Waals surface area (Å²) in [5.74, 6) is 1.33. The van der Waals surface area contributed by atoms with E-state index in [1.54, 1.807) is 12.5 Å². The number of nitrogens with zero attached hydrogens (tertiary/aromatic N) is 2. The first kappa shape index (κ1) is 11.5. The highest BCUT2D eigenvalue weighted by atomic mass is 16.5. The Kier molecular flexibility index (Phi) is 2.97. The fraction of sp³-hybridized carbons (Fsp3) is 0.0625. The molecule has 0 bridgehead atoms. The van der Waals surface area contributed by atoms with Gasteiger partial charge in [0.2, 0.25) is 0 Å². The lowest BCUT2D eigenvalue weighted by Crippen LogP contribution is -2.28. The summed E-state index contributed by atoms with van der Waals surface area (Å²) in [5.41, 5.74) is 4.11. The van der Waals surface area contributed by atoms with E-state index in [-0.39, 0.29) is 0 Å². The standard InChI is InChI=1S/C16H12N2O/c1-12-9-14-10-17-11-18-15(14)8-7-13-5-3-2-4-6-16(13)19-12/h2-3,5-6,8-11H,1,7H2/b14-9-,15-8+. The number of hydrogen-bond acceptors (Lipinski definition) is 3. The molecule has 0 unspecified atom stereocenters. The first-order valence-corrected chi connectivity index (χ1v) is 6.00. The van der Waals surface area contributed by atoms with E-state index in [1.165, 1.54) is 0 Å². The van der Waals surface area contributed by atoms with E-state index < -0.39 is 0 Å². The number of fused-ring (bicyclic) bond motifs is 1. The van der Waals surface area contributed by atoms with Gasteiger partial charge in [-0.05, 0) is 24.1 Å². The minimum Gasteiger partial charge on any atom is -0.457 e. The van der Waals surface area contributed by atoms with Gasteiger partial charge in [0.1, 0.15) is 17.8 Å². The van der Waals surface area contributed by atoms with Crippen LogP contribution < -0.4 is 10.6 Å². The number of aromatic nitrogens is 2. The first-order valence-electron chi connectivity index (χ1n) is 6.00. The summed E-state index contributed by atoms with van der Waals surface area (Å²) in [4.78, 5) is 8.31. The Hall–Kier alpha value is -2.64. The average Bonchev–Trinajstić information content (AvgIpc) is 2.59. The molecule has 3 heteroatoms. The van der Waals surface area contributed by atoms with Crippen LogP contribution in [0.5, 0.6) is 0 Å². The number of hydrogen-bond donors (Lipinski definition) is 0. The molecule has 19 heavy (non-hydrogen) atoms. The van der Waals surface area contributed by atoms with Gasteiger partial charge in [-0.2, -0.15) is 0 Å². The van der Waals surface area contributed by atoms with Crippen LogP contribution in [0.4, 0.5) is 0 Å². The van der Waals surface area contributed by atoms with E-state index in [4.69, 9.17) is 4.74 Å². The van der Waals surface area contributed by atoms with Crippen LogP contribution in [0.2, 0.25) is 0 Å². The fourth-order valence-corrected chi connectivity index (χ4v) is 1.96. The molecule has 3 rings (SSSR count). The van der Waals surface area contributed by atoms with Crippen molar-refractivity contribution in [2.75, 3.05) is 0 Å². The normalized spacial score (nSPS) is 20.5. The molecule has 1 aromatic rings. The molecule has 2 heterocycles. The van der Waals surface area contributed by atoms with Crippen molar-refractivity contribution in [3.05, 3.63) is 76.8 Å². The Balaban J connectivity index is 2.18. The first-order chi connectivity index (χ1) is 9.33. The predicted octanol–water partition coefficient (Wildman–Crippen LogP) is 1.51. The Morgan fingerprint density at radius 2 is 2.32 bits per heavy atom. The summed E-state index contributed by atoms with van der Waals surface area (Å²) in [7, 11) is 0. The zero-order valence-electron chi connectivity index (χ0n) is 10.3. The Morgan fingerprint density at radius 3 is 3.26 bits per heavy atom. The van der Waals surface area contributed by atoms with Crippen LogP contribution in [0.1, 0.15) is 6.42 Å². The Morgan fingerprint density at radius 1 is 1.37 bits per heavy atom. The predicted molar refractivity (Wildman–Crippen MR) is 73.9 cm³/mol. The lowest BCUT2D eigenvalue weighted by Gasteiger charge is -2.08. The second-order valence-corrected chi connectivity index (χ2v) is 4.21. The third-order valence-electron chi connectivity index (χ3n) is 2.87. The summed E-state index contributed by atoms with van der Waals surface area (Å²) in [6.45, 7) is 3.91. The smallest absolute Gasteiger partial charge is 0.138 e. The second-order valence-electron chi connectivity index (χ2n) is 4.21.